The monoisotopic (exact) mass is 368 g/mol. The molecule has 0 spiro atoms. The van der Waals surface area contributed by atoms with Crippen LogP contribution in [0.5, 0.6) is 0 Å². The van der Waals surface area contributed by atoms with E-state index in [9.17, 15) is 9.18 Å². The Bertz CT molecular complexity index is 566. The molecule has 0 bridgehead atoms. The summed E-state index contributed by atoms with van der Waals surface area (Å²) in [5.41, 5.74) is 0.861. The average Bonchev–Trinajstić information content (AvgIpc) is 2.60. The zero-order valence-corrected chi connectivity index (χ0v) is 16.1. The normalized spacial score (nSPS) is 11.3. The summed E-state index contributed by atoms with van der Waals surface area (Å²) >= 11 is 1.85. The van der Waals surface area contributed by atoms with Gasteiger partial charge in [0, 0.05) is 31.7 Å². The number of benzene rings is 1. The number of amides is 1. The number of unbranched alkanes of at least 4 members (excludes halogenated alkanes) is 1. The number of hydrogen-bond acceptors (Lipinski definition) is 3. The molecule has 1 aromatic rings. The van der Waals surface area contributed by atoms with Crippen LogP contribution in [0.2, 0.25) is 0 Å². The van der Waals surface area contributed by atoms with Crippen LogP contribution in [0.3, 0.4) is 0 Å². The van der Waals surface area contributed by atoms with Crippen molar-refractivity contribution in [2.24, 2.45) is 4.99 Å². The molecule has 0 aliphatic carbocycles. The van der Waals surface area contributed by atoms with Crippen LogP contribution in [-0.4, -0.2) is 50.1 Å². The molecule has 0 aliphatic rings. The fourth-order valence-corrected chi connectivity index (χ4v) is 2.58. The SMILES string of the molecule is CCNC(=NCCCCSC)NCCNC(=O)c1ccc(C)c(F)c1. The van der Waals surface area contributed by atoms with Gasteiger partial charge in [-0.25, -0.2) is 4.39 Å². The highest BCUT2D eigenvalue weighted by Gasteiger charge is 2.07. The van der Waals surface area contributed by atoms with Gasteiger partial charge in [-0.3, -0.25) is 9.79 Å². The molecule has 0 heterocycles. The first-order chi connectivity index (χ1) is 12.1. The number of guanidine groups is 1. The summed E-state index contributed by atoms with van der Waals surface area (Å²) < 4.78 is 13.5. The maximum absolute atomic E-state index is 13.5. The van der Waals surface area contributed by atoms with Crippen molar-refractivity contribution in [2.75, 3.05) is 38.2 Å². The zero-order valence-electron chi connectivity index (χ0n) is 15.3. The Kier molecular flexibility index (Phi) is 10.7. The zero-order chi connectivity index (χ0) is 18.5. The molecule has 1 rings (SSSR count). The lowest BCUT2D eigenvalue weighted by molar-refractivity contribution is 0.0954. The van der Waals surface area contributed by atoms with Crippen LogP contribution in [0.15, 0.2) is 23.2 Å². The van der Waals surface area contributed by atoms with Crippen molar-refractivity contribution in [1.82, 2.24) is 16.0 Å². The molecule has 0 aromatic heterocycles. The lowest BCUT2D eigenvalue weighted by Gasteiger charge is -2.12. The topological polar surface area (TPSA) is 65.5 Å². The first-order valence-corrected chi connectivity index (χ1v) is 10.0. The van der Waals surface area contributed by atoms with Crippen molar-refractivity contribution in [3.63, 3.8) is 0 Å². The summed E-state index contributed by atoms with van der Waals surface area (Å²) in [6.07, 6.45) is 4.33. The molecule has 0 saturated heterocycles. The van der Waals surface area contributed by atoms with Crippen molar-refractivity contribution in [3.05, 3.63) is 35.1 Å². The Morgan fingerprint density at radius 1 is 1.20 bits per heavy atom. The Morgan fingerprint density at radius 3 is 2.64 bits per heavy atom. The second-order valence-corrected chi connectivity index (χ2v) is 6.59. The first-order valence-electron chi connectivity index (χ1n) is 8.64. The number of hydrogen-bond donors (Lipinski definition) is 3. The molecule has 140 valence electrons. The van der Waals surface area contributed by atoms with Gasteiger partial charge in [0.25, 0.3) is 5.91 Å². The number of aliphatic imine (C=N–C) groups is 1. The van der Waals surface area contributed by atoms with Crippen molar-refractivity contribution in [2.45, 2.75) is 26.7 Å². The molecular formula is C18H29FN4OS. The minimum Gasteiger partial charge on any atom is -0.357 e. The predicted octanol–water partition coefficient (Wildman–Crippen LogP) is 2.56. The van der Waals surface area contributed by atoms with Gasteiger partial charge >= 0.3 is 0 Å². The van der Waals surface area contributed by atoms with Crippen molar-refractivity contribution in [1.29, 1.82) is 0 Å². The summed E-state index contributed by atoms with van der Waals surface area (Å²) in [5.74, 6) is 1.27. The summed E-state index contributed by atoms with van der Waals surface area (Å²) in [4.78, 5) is 16.5. The quantitative estimate of drug-likeness (QED) is 0.337. The van der Waals surface area contributed by atoms with E-state index in [1.54, 1.807) is 19.1 Å². The third-order valence-corrected chi connectivity index (χ3v) is 4.20. The molecule has 5 nitrogen and oxygen atoms in total. The van der Waals surface area contributed by atoms with Gasteiger partial charge in [0.1, 0.15) is 5.82 Å². The molecule has 0 radical (unpaired) electrons. The third kappa shape index (κ3) is 8.77. The van der Waals surface area contributed by atoms with E-state index < -0.39 is 0 Å². The average molecular weight is 369 g/mol. The number of halogens is 1. The van der Waals surface area contributed by atoms with E-state index in [0.29, 0.717) is 24.2 Å². The molecule has 0 saturated carbocycles. The van der Waals surface area contributed by atoms with Crippen molar-refractivity contribution >= 4 is 23.6 Å². The van der Waals surface area contributed by atoms with E-state index >= 15 is 0 Å². The number of thioether (sulfide) groups is 1. The van der Waals surface area contributed by atoms with Gasteiger partial charge in [-0.2, -0.15) is 11.8 Å². The molecule has 1 aromatic carbocycles. The highest BCUT2D eigenvalue weighted by Crippen LogP contribution is 2.08. The Morgan fingerprint density at radius 2 is 1.96 bits per heavy atom. The summed E-state index contributed by atoms with van der Waals surface area (Å²) in [6, 6.07) is 4.50. The van der Waals surface area contributed by atoms with E-state index in [4.69, 9.17) is 0 Å². The second kappa shape index (κ2) is 12.6. The van der Waals surface area contributed by atoms with Crippen LogP contribution in [0.25, 0.3) is 0 Å². The summed E-state index contributed by atoms with van der Waals surface area (Å²) in [7, 11) is 0. The molecule has 7 heteroatoms. The number of nitrogens with one attached hydrogen (secondary N) is 3. The van der Waals surface area contributed by atoms with E-state index in [-0.39, 0.29) is 11.7 Å². The standard InChI is InChI=1S/C18H29FN4OS/c1-4-20-18(22-9-5-6-12-25-3)23-11-10-21-17(24)15-8-7-14(2)16(19)13-15/h7-8,13H,4-6,9-12H2,1-3H3,(H,21,24)(H2,20,22,23). The van der Waals surface area contributed by atoms with E-state index in [1.165, 1.54) is 6.07 Å². The summed E-state index contributed by atoms with van der Waals surface area (Å²) in [6.45, 7) is 6.24. The second-order valence-electron chi connectivity index (χ2n) is 5.61. The smallest absolute Gasteiger partial charge is 0.251 e. The highest BCUT2D eigenvalue weighted by molar-refractivity contribution is 7.98. The van der Waals surface area contributed by atoms with Crippen LogP contribution in [0.4, 0.5) is 4.39 Å². The Hall–Kier alpha value is -1.76. The molecule has 0 fully saturated rings. The number of nitrogens with zero attached hydrogens (tertiary/aromatic N) is 1. The highest BCUT2D eigenvalue weighted by atomic mass is 32.2. The van der Waals surface area contributed by atoms with Gasteiger partial charge in [-0.05, 0) is 56.4 Å². The van der Waals surface area contributed by atoms with E-state index in [1.807, 2.05) is 18.7 Å². The molecule has 0 unspecified atom stereocenters. The number of carbonyl (C=O) groups is 1. The fraction of sp³-hybridized carbons (Fsp3) is 0.556. The van der Waals surface area contributed by atoms with Gasteiger partial charge in [0.05, 0.1) is 0 Å². The molecule has 25 heavy (non-hydrogen) atoms. The largest absolute Gasteiger partial charge is 0.357 e. The number of aryl methyl sites for hydroxylation is 1. The van der Waals surface area contributed by atoms with Crippen LogP contribution in [-0.2, 0) is 0 Å². The summed E-state index contributed by atoms with van der Waals surface area (Å²) in [5, 5.41) is 9.14. The maximum atomic E-state index is 13.5. The third-order valence-electron chi connectivity index (χ3n) is 3.51. The van der Waals surface area contributed by atoms with Gasteiger partial charge in [0.2, 0.25) is 0 Å². The van der Waals surface area contributed by atoms with E-state index in [2.05, 4.69) is 27.2 Å². The minimum atomic E-state index is -0.367. The van der Waals surface area contributed by atoms with Crippen molar-refractivity contribution < 1.29 is 9.18 Å². The Balaban J connectivity index is 2.33. The van der Waals surface area contributed by atoms with Gasteiger partial charge < -0.3 is 16.0 Å². The van der Waals surface area contributed by atoms with Gasteiger partial charge in [-0.1, -0.05) is 6.07 Å². The van der Waals surface area contributed by atoms with E-state index in [0.717, 1.165) is 37.6 Å². The fourth-order valence-electron chi connectivity index (χ4n) is 2.08. The lowest BCUT2D eigenvalue weighted by atomic mass is 10.1. The Labute approximate surface area is 154 Å². The van der Waals surface area contributed by atoms with Crippen LogP contribution in [0, 0.1) is 12.7 Å². The first kappa shape index (κ1) is 21.3. The molecular weight excluding hydrogens is 339 g/mol. The lowest BCUT2D eigenvalue weighted by Crippen LogP contribution is -2.41. The molecule has 0 aliphatic heterocycles. The van der Waals surface area contributed by atoms with Crippen LogP contribution < -0.4 is 16.0 Å². The predicted molar refractivity (Wildman–Crippen MR) is 105 cm³/mol. The van der Waals surface area contributed by atoms with Crippen LogP contribution >= 0.6 is 11.8 Å². The van der Waals surface area contributed by atoms with Crippen LogP contribution in [0.1, 0.15) is 35.7 Å². The molecule has 1 amide bonds. The number of carbonyl (C=O) groups excluding carboxylic acids is 1. The number of rotatable bonds is 10. The van der Waals surface area contributed by atoms with Gasteiger partial charge in [0.15, 0.2) is 5.96 Å². The minimum absolute atomic E-state index is 0.278. The molecule has 0 atom stereocenters. The maximum Gasteiger partial charge on any atom is 0.251 e. The molecule has 3 N–H and O–H groups in total. The van der Waals surface area contributed by atoms with Crippen molar-refractivity contribution in [3.8, 4) is 0 Å². The van der Waals surface area contributed by atoms with Gasteiger partial charge in [-0.15, -0.1) is 0 Å².